The molecule has 1 amide bonds. The lowest BCUT2D eigenvalue weighted by Crippen LogP contribution is -2.38. The van der Waals surface area contributed by atoms with E-state index < -0.39 is 22.0 Å². The second-order valence-electron chi connectivity index (χ2n) is 3.89. The summed E-state index contributed by atoms with van der Waals surface area (Å²) in [6, 6.07) is 0. The third kappa shape index (κ3) is 5.81. The Morgan fingerprint density at radius 1 is 1.24 bits per heavy atom. The molecule has 0 aliphatic rings. The van der Waals surface area contributed by atoms with Gasteiger partial charge in [-0.15, -0.1) is 0 Å². The van der Waals surface area contributed by atoms with Crippen molar-refractivity contribution in [2.24, 2.45) is 0 Å². The molecule has 2 atom stereocenters. The lowest BCUT2D eigenvalue weighted by molar-refractivity contribution is -0.136. The summed E-state index contributed by atoms with van der Waals surface area (Å²) in [7, 11) is -1.64. The number of carboxylic acid groups (broad SMARTS) is 1. The number of aliphatic carboxylic acids is 1. The van der Waals surface area contributed by atoms with E-state index in [0.29, 0.717) is 13.1 Å². The molecule has 0 aliphatic heterocycles. The van der Waals surface area contributed by atoms with E-state index in [9.17, 15) is 13.8 Å². The Labute approximate surface area is 105 Å². The Morgan fingerprint density at radius 3 is 2.06 bits per heavy atom. The first-order valence-electron chi connectivity index (χ1n) is 5.81. The Balaban J connectivity index is 4.39. The molecule has 0 bridgehead atoms. The van der Waals surface area contributed by atoms with Gasteiger partial charge in [0.05, 0.1) is 0 Å². The standard InChI is InChI=1S/C11H21NO4S/c1-4-6-12(7-5-2)10(13)8-17(16)9(3)11(14)15/h9H,4-8H2,1-3H3,(H,14,15). The van der Waals surface area contributed by atoms with Crippen molar-refractivity contribution in [2.45, 2.75) is 38.9 Å². The van der Waals surface area contributed by atoms with Crippen LogP contribution >= 0.6 is 0 Å². The molecule has 0 saturated heterocycles. The van der Waals surface area contributed by atoms with Gasteiger partial charge in [0, 0.05) is 23.9 Å². The molecule has 17 heavy (non-hydrogen) atoms. The monoisotopic (exact) mass is 263 g/mol. The van der Waals surface area contributed by atoms with Gasteiger partial charge < -0.3 is 10.0 Å². The highest BCUT2D eigenvalue weighted by Crippen LogP contribution is 2.01. The highest BCUT2D eigenvalue weighted by molar-refractivity contribution is 7.87. The zero-order valence-corrected chi connectivity index (χ0v) is 11.5. The summed E-state index contributed by atoms with van der Waals surface area (Å²) in [6.07, 6.45) is 1.68. The van der Waals surface area contributed by atoms with Crippen LogP contribution < -0.4 is 0 Å². The third-order valence-electron chi connectivity index (χ3n) is 2.35. The van der Waals surface area contributed by atoms with Gasteiger partial charge in [0.1, 0.15) is 11.0 Å². The largest absolute Gasteiger partial charge is 0.480 e. The molecule has 0 heterocycles. The van der Waals surface area contributed by atoms with Crippen LogP contribution in [0.1, 0.15) is 33.6 Å². The first-order valence-corrected chi connectivity index (χ1v) is 7.19. The van der Waals surface area contributed by atoms with Gasteiger partial charge in [-0.1, -0.05) is 13.8 Å². The normalized spacial score (nSPS) is 14.1. The molecular formula is C11H21NO4S. The van der Waals surface area contributed by atoms with Gasteiger partial charge in [-0.05, 0) is 19.8 Å². The fourth-order valence-electron chi connectivity index (χ4n) is 1.35. The Morgan fingerprint density at radius 2 is 1.71 bits per heavy atom. The average molecular weight is 263 g/mol. The SMILES string of the molecule is CCCN(CCC)C(=O)CS(=O)C(C)C(=O)O. The summed E-state index contributed by atoms with van der Waals surface area (Å²) in [6.45, 7) is 6.55. The Bertz CT molecular complexity index is 287. The molecule has 100 valence electrons. The molecule has 0 aromatic heterocycles. The third-order valence-corrected chi connectivity index (χ3v) is 3.87. The van der Waals surface area contributed by atoms with E-state index in [1.807, 2.05) is 13.8 Å². The molecule has 0 rings (SSSR count). The maximum Gasteiger partial charge on any atom is 0.318 e. The van der Waals surface area contributed by atoms with E-state index in [0.717, 1.165) is 12.8 Å². The zero-order chi connectivity index (χ0) is 13.4. The predicted octanol–water partition coefficient (Wildman–Crippen LogP) is 0.857. The summed E-state index contributed by atoms with van der Waals surface area (Å²) < 4.78 is 11.6. The number of carbonyl (C=O) groups is 2. The number of hydrogen-bond acceptors (Lipinski definition) is 3. The number of carbonyl (C=O) groups excluding carboxylic acids is 1. The molecule has 0 aliphatic carbocycles. The van der Waals surface area contributed by atoms with Crippen molar-refractivity contribution in [3.8, 4) is 0 Å². The summed E-state index contributed by atoms with van der Waals surface area (Å²) >= 11 is 0. The number of nitrogens with zero attached hydrogens (tertiary/aromatic N) is 1. The quantitative estimate of drug-likeness (QED) is 0.704. The molecular weight excluding hydrogens is 242 g/mol. The van der Waals surface area contributed by atoms with Crippen LogP contribution in [-0.4, -0.2) is 50.2 Å². The van der Waals surface area contributed by atoms with Crippen molar-refractivity contribution in [2.75, 3.05) is 18.8 Å². The highest BCUT2D eigenvalue weighted by atomic mass is 32.2. The van der Waals surface area contributed by atoms with Gasteiger partial charge in [0.25, 0.3) is 0 Å². The summed E-state index contributed by atoms with van der Waals surface area (Å²) in [5.74, 6) is -1.55. The molecule has 0 aromatic carbocycles. The van der Waals surface area contributed by atoms with Gasteiger partial charge >= 0.3 is 5.97 Å². The van der Waals surface area contributed by atoms with E-state index in [1.165, 1.54) is 6.92 Å². The summed E-state index contributed by atoms with van der Waals surface area (Å²) in [5, 5.41) is 7.70. The highest BCUT2D eigenvalue weighted by Gasteiger charge is 2.23. The minimum atomic E-state index is -1.64. The van der Waals surface area contributed by atoms with Crippen molar-refractivity contribution >= 4 is 22.7 Å². The van der Waals surface area contributed by atoms with E-state index in [1.54, 1.807) is 4.90 Å². The van der Waals surface area contributed by atoms with Crippen LogP contribution in [0.25, 0.3) is 0 Å². The van der Waals surface area contributed by atoms with Crippen LogP contribution in [0.3, 0.4) is 0 Å². The van der Waals surface area contributed by atoms with Crippen LogP contribution in [-0.2, 0) is 20.4 Å². The van der Waals surface area contributed by atoms with E-state index in [4.69, 9.17) is 5.11 Å². The molecule has 6 heteroatoms. The van der Waals surface area contributed by atoms with Gasteiger partial charge in [0.2, 0.25) is 5.91 Å². The number of rotatable bonds is 8. The smallest absolute Gasteiger partial charge is 0.318 e. The van der Waals surface area contributed by atoms with Crippen LogP contribution in [0, 0.1) is 0 Å². The van der Waals surface area contributed by atoms with E-state index >= 15 is 0 Å². The molecule has 5 nitrogen and oxygen atoms in total. The van der Waals surface area contributed by atoms with E-state index in [2.05, 4.69) is 0 Å². The first-order chi connectivity index (χ1) is 7.93. The van der Waals surface area contributed by atoms with Crippen LogP contribution in [0.4, 0.5) is 0 Å². The Kier molecular flexibility index (Phi) is 7.78. The van der Waals surface area contributed by atoms with Crippen molar-refractivity contribution in [3.63, 3.8) is 0 Å². The fraction of sp³-hybridized carbons (Fsp3) is 0.818. The van der Waals surface area contributed by atoms with Gasteiger partial charge in [-0.25, -0.2) is 0 Å². The Hall–Kier alpha value is -0.910. The van der Waals surface area contributed by atoms with Crippen LogP contribution in [0.2, 0.25) is 0 Å². The van der Waals surface area contributed by atoms with Crippen LogP contribution in [0.5, 0.6) is 0 Å². The average Bonchev–Trinajstić information content (AvgIpc) is 2.27. The number of amides is 1. The first kappa shape index (κ1) is 16.1. The summed E-state index contributed by atoms with van der Waals surface area (Å²) in [5.41, 5.74) is 0. The van der Waals surface area contributed by atoms with Crippen molar-refractivity contribution < 1.29 is 18.9 Å². The van der Waals surface area contributed by atoms with Crippen molar-refractivity contribution in [1.82, 2.24) is 4.90 Å². The molecule has 0 radical (unpaired) electrons. The maximum absolute atomic E-state index is 11.8. The molecule has 0 spiro atoms. The minimum absolute atomic E-state index is 0.201. The van der Waals surface area contributed by atoms with Gasteiger partial charge in [0.15, 0.2) is 0 Å². The fourth-order valence-corrected chi connectivity index (χ4v) is 2.25. The minimum Gasteiger partial charge on any atom is -0.480 e. The zero-order valence-electron chi connectivity index (χ0n) is 10.6. The maximum atomic E-state index is 11.8. The van der Waals surface area contributed by atoms with Crippen LogP contribution in [0.15, 0.2) is 0 Å². The van der Waals surface area contributed by atoms with Gasteiger partial charge in [-0.2, -0.15) is 0 Å². The topological polar surface area (TPSA) is 74.7 Å². The lowest BCUT2D eigenvalue weighted by Gasteiger charge is -2.21. The molecule has 0 fully saturated rings. The number of carboxylic acids is 1. The van der Waals surface area contributed by atoms with E-state index in [-0.39, 0.29) is 11.7 Å². The second kappa shape index (κ2) is 8.22. The number of hydrogen-bond donors (Lipinski definition) is 1. The predicted molar refractivity (Wildman–Crippen MR) is 67.3 cm³/mol. The second-order valence-corrected chi connectivity index (χ2v) is 5.64. The lowest BCUT2D eigenvalue weighted by atomic mass is 10.3. The molecule has 0 saturated carbocycles. The molecule has 0 aromatic rings. The molecule has 2 unspecified atom stereocenters. The van der Waals surface area contributed by atoms with Crippen molar-refractivity contribution in [1.29, 1.82) is 0 Å². The van der Waals surface area contributed by atoms with Gasteiger partial charge in [-0.3, -0.25) is 13.8 Å². The van der Waals surface area contributed by atoms with Crippen molar-refractivity contribution in [3.05, 3.63) is 0 Å². The molecule has 1 N–H and O–H groups in total. The summed E-state index contributed by atoms with van der Waals surface area (Å²) in [4.78, 5) is 24.1.